The van der Waals surface area contributed by atoms with Gasteiger partial charge in [0.2, 0.25) is 23.6 Å². The van der Waals surface area contributed by atoms with Crippen molar-refractivity contribution < 1.29 is 19.2 Å². The fourth-order valence-corrected chi connectivity index (χ4v) is 8.47. The van der Waals surface area contributed by atoms with Gasteiger partial charge in [-0.1, -0.05) is 6.58 Å². The molecular weight excluding hydrogens is 789 g/mol. The highest BCUT2D eigenvalue weighted by Crippen LogP contribution is 2.33. The van der Waals surface area contributed by atoms with Crippen LogP contribution in [0.5, 0.6) is 0 Å². The van der Waals surface area contributed by atoms with Crippen LogP contribution in [0.4, 0.5) is 0 Å². The Hall–Kier alpha value is -8.02. The summed E-state index contributed by atoms with van der Waals surface area (Å²) in [5.74, 6) is -1.32. The number of nitrogens with zero attached hydrogens (tertiary/aromatic N) is 10. The van der Waals surface area contributed by atoms with Gasteiger partial charge in [-0.15, -0.1) is 0 Å². The van der Waals surface area contributed by atoms with E-state index in [-0.39, 0.29) is 48.6 Å². The lowest BCUT2D eigenvalue weighted by Crippen LogP contribution is -2.33. The molecular formula is C44H40N14O4. The van der Waals surface area contributed by atoms with E-state index in [1.165, 1.54) is 12.2 Å². The van der Waals surface area contributed by atoms with Crippen LogP contribution < -0.4 is 10.6 Å². The summed E-state index contributed by atoms with van der Waals surface area (Å²) in [5, 5.41) is 25.2. The van der Waals surface area contributed by atoms with Gasteiger partial charge in [0.15, 0.2) is 0 Å². The minimum atomic E-state index is -0.359. The van der Waals surface area contributed by atoms with E-state index in [0.717, 1.165) is 55.4 Å². The van der Waals surface area contributed by atoms with Gasteiger partial charge in [-0.05, 0) is 84.7 Å². The lowest BCUT2D eigenvalue weighted by atomic mass is 10.0. The van der Waals surface area contributed by atoms with Crippen molar-refractivity contribution >= 4 is 62.8 Å². The summed E-state index contributed by atoms with van der Waals surface area (Å²) in [6.07, 6.45) is 14.2. The molecule has 2 saturated heterocycles. The first-order valence-corrected chi connectivity index (χ1v) is 20.3. The predicted octanol–water partition coefficient (Wildman–Crippen LogP) is 3.69. The zero-order chi connectivity index (χ0) is 42.3. The zero-order valence-electron chi connectivity index (χ0n) is 33.4. The topological polar surface area (TPSA) is 217 Å². The number of aromatic nitrogens is 10. The van der Waals surface area contributed by atoms with Crippen molar-refractivity contribution in [3.8, 4) is 22.3 Å². The van der Waals surface area contributed by atoms with Crippen LogP contribution in [0.1, 0.15) is 29.9 Å². The molecule has 4 amide bonds. The molecule has 0 aliphatic carbocycles. The number of pyridine rings is 2. The number of amides is 4. The summed E-state index contributed by atoms with van der Waals surface area (Å²) in [6, 6.07) is 15.4. The van der Waals surface area contributed by atoms with Gasteiger partial charge in [-0.2, -0.15) is 29.7 Å². The van der Waals surface area contributed by atoms with Crippen LogP contribution in [0.3, 0.4) is 0 Å². The fraction of sp³-hybridized carbons (Fsp3) is 0.227. The average Bonchev–Trinajstić information content (AvgIpc) is 4.16. The van der Waals surface area contributed by atoms with Gasteiger partial charge >= 0.3 is 0 Å². The fourth-order valence-electron chi connectivity index (χ4n) is 8.47. The lowest BCUT2D eigenvalue weighted by Gasteiger charge is -2.14. The largest absolute Gasteiger partial charge is 0.350 e. The summed E-state index contributed by atoms with van der Waals surface area (Å²) in [6.45, 7) is 5.65. The Kier molecular flexibility index (Phi) is 9.78. The number of H-pyrrole nitrogens is 2. The highest BCUT2D eigenvalue weighted by molar-refractivity contribution is 6.00. The van der Waals surface area contributed by atoms with Crippen molar-refractivity contribution in [2.45, 2.75) is 25.9 Å². The molecule has 2 atom stereocenters. The van der Waals surface area contributed by atoms with E-state index < -0.39 is 0 Å². The number of carbonyl (C=O) groups is 4. The number of carbonyl (C=O) groups excluding carboxylic acids is 4. The molecule has 2 fully saturated rings. The first kappa shape index (κ1) is 38.2. The minimum absolute atomic E-state index is 0.128. The highest BCUT2D eigenvalue weighted by atomic mass is 16.2. The molecule has 0 radical (unpaired) electrons. The Balaban J connectivity index is 0.812. The Labute approximate surface area is 352 Å². The minimum Gasteiger partial charge on any atom is -0.350 e. The van der Waals surface area contributed by atoms with Crippen molar-refractivity contribution in [2.75, 3.05) is 26.2 Å². The van der Waals surface area contributed by atoms with Crippen LogP contribution in [0.15, 0.2) is 98.2 Å². The molecule has 0 aromatic carbocycles. The van der Waals surface area contributed by atoms with Crippen molar-refractivity contribution in [3.63, 3.8) is 0 Å². The van der Waals surface area contributed by atoms with Crippen LogP contribution in [-0.4, -0.2) is 109 Å². The first-order chi connectivity index (χ1) is 30.3. The molecule has 18 heteroatoms. The number of likely N-dealkylation sites (tertiary alicyclic amines) is 2. The van der Waals surface area contributed by atoms with Gasteiger partial charge in [0.1, 0.15) is 11.3 Å². The number of fused-ring (bicyclic) bond motifs is 4. The van der Waals surface area contributed by atoms with Crippen molar-refractivity contribution in [1.82, 2.24) is 70.0 Å². The molecule has 2 aliphatic rings. The second-order valence-electron chi connectivity index (χ2n) is 15.5. The van der Waals surface area contributed by atoms with Crippen LogP contribution in [0.25, 0.3) is 61.4 Å². The third kappa shape index (κ3) is 7.20. The van der Waals surface area contributed by atoms with Crippen molar-refractivity contribution in [2.24, 2.45) is 11.8 Å². The maximum absolute atomic E-state index is 13.5. The zero-order valence-corrected chi connectivity index (χ0v) is 33.4. The summed E-state index contributed by atoms with van der Waals surface area (Å²) >= 11 is 0. The molecule has 310 valence electrons. The van der Waals surface area contributed by atoms with Gasteiger partial charge in [-0.3, -0.25) is 19.2 Å². The summed E-state index contributed by atoms with van der Waals surface area (Å²) in [7, 11) is 0. The third-order valence-electron chi connectivity index (χ3n) is 11.7. The second-order valence-corrected chi connectivity index (χ2v) is 15.5. The van der Waals surface area contributed by atoms with Crippen molar-refractivity contribution in [3.05, 3.63) is 115 Å². The average molecular weight is 829 g/mol. The van der Waals surface area contributed by atoms with Crippen LogP contribution in [0, 0.1) is 11.8 Å². The van der Waals surface area contributed by atoms with Crippen molar-refractivity contribution in [1.29, 1.82) is 0 Å². The SMILES string of the molecule is C=CC(=O)N1CC[C@@H](C(=O)NCc2cc3c(-c4cnn5ncccc45)cc(/C=C/C(=O)N4CC[C@H](C(=O)NCc5cc6c(-c7cnn8ncccc78)ccnc6[nH]5)C4)nc3[nH]2)C1. The molecule has 0 spiro atoms. The van der Waals surface area contributed by atoms with Gasteiger partial charge < -0.3 is 30.4 Å². The van der Waals surface area contributed by atoms with Gasteiger partial charge in [0, 0.05) is 84.1 Å². The van der Waals surface area contributed by atoms with E-state index >= 15 is 0 Å². The van der Waals surface area contributed by atoms with Gasteiger partial charge in [-0.25, -0.2) is 9.97 Å². The number of aromatic amines is 2. The Morgan fingerprint density at radius 1 is 0.694 bits per heavy atom. The third-order valence-corrected chi connectivity index (χ3v) is 11.7. The summed E-state index contributed by atoms with van der Waals surface area (Å²) < 4.78 is 3.13. The summed E-state index contributed by atoms with van der Waals surface area (Å²) in [5.41, 5.74) is 8.53. The van der Waals surface area contributed by atoms with E-state index in [4.69, 9.17) is 4.98 Å². The Morgan fingerprint density at radius 2 is 1.27 bits per heavy atom. The Morgan fingerprint density at radius 3 is 1.90 bits per heavy atom. The quantitative estimate of drug-likeness (QED) is 0.139. The standard InChI is InChI=1S/C44H40N14O4/c1-2-39(59)55-15-10-26(24-55)43(61)47-21-30-19-34-32(36-23-51-58-38(36)6-4-13-49-58)17-28(52-42(34)54-30)7-8-40(60)56-16-11-27(25-56)44(62)46-20-29-18-33-31(9-14-45-41(33)53-29)35-22-50-57-37(35)5-3-12-48-57/h2-9,12-14,17-19,22-23,26-27H,1,10-11,15-16,20-21,24-25H2,(H,45,53)(H,46,62)(H,47,61)(H,52,54)/b8-7+/t26-,27+/m1/s1. The highest BCUT2D eigenvalue weighted by Gasteiger charge is 2.31. The molecule has 8 aromatic heterocycles. The van der Waals surface area contributed by atoms with E-state index in [1.54, 1.807) is 56.1 Å². The predicted molar refractivity (Wildman–Crippen MR) is 228 cm³/mol. The lowest BCUT2D eigenvalue weighted by molar-refractivity contribution is -0.128. The molecule has 18 nitrogen and oxygen atoms in total. The smallest absolute Gasteiger partial charge is 0.246 e. The first-order valence-electron chi connectivity index (χ1n) is 20.3. The number of hydrogen-bond donors (Lipinski definition) is 4. The van der Waals surface area contributed by atoms with E-state index in [2.05, 4.69) is 52.6 Å². The molecule has 0 unspecified atom stereocenters. The normalized spacial score (nSPS) is 16.6. The van der Waals surface area contributed by atoms with E-state index in [9.17, 15) is 19.2 Å². The maximum Gasteiger partial charge on any atom is 0.246 e. The second kappa shape index (κ2) is 15.9. The number of hydrogen-bond acceptors (Lipinski definition) is 10. The molecule has 2 aliphatic heterocycles. The molecule has 62 heavy (non-hydrogen) atoms. The van der Waals surface area contributed by atoms with Crippen LogP contribution in [0.2, 0.25) is 0 Å². The molecule has 10 rings (SSSR count). The van der Waals surface area contributed by atoms with E-state index in [0.29, 0.717) is 56.0 Å². The molecule has 4 N–H and O–H groups in total. The Bertz CT molecular complexity index is 3100. The number of nitrogens with one attached hydrogen (secondary N) is 4. The molecule has 10 heterocycles. The summed E-state index contributed by atoms with van der Waals surface area (Å²) in [4.78, 5) is 71.3. The van der Waals surface area contributed by atoms with Gasteiger partial charge in [0.25, 0.3) is 0 Å². The van der Waals surface area contributed by atoms with E-state index in [1.807, 2.05) is 48.5 Å². The maximum atomic E-state index is 13.5. The number of rotatable bonds is 11. The molecule has 0 bridgehead atoms. The molecule has 0 saturated carbocycles. The van der Waals surface area contributed by atoms with Crippen LogP contribution in [-0.2, 0) is 32.3 Å². The van der Waals surface area contributed by atoms with Gasteiger partial charge in [0.05, 0.1) is 54.0 Å². The van der Waals surface area contributed by atoms with Crippen LogP contribution >= 0.6 is 0 Å². The monoisotopic (exact) mass is 828 g/mol. The molecule has 8 aromatic rings.